The summed E-state index contributed by atoms with van der Waals surface area (Å²) in [7, 11) is 0. The number of thiophene rings is 1. The van der Waals surface area contributed by atoms with E-state index in [1.165, 1.54) is 0 Å². The SMILES string of the molecule is CC(=O)N1CCc2cc(NC(C)C(=O)NCc3cccs3)ccc21. The summed E-state index contributed by atoms with van der Waals surface area (Å²) in [6.07, 6.45) is 0.851. The summed E-state index contributed by atoms with van der Waals surface area (Å²) in [6, 6.07) is 9.55. The van der Waals surface area contributed by atoms with Crippen LogP contribution in [0.3, 0.4) is 0 Å². The van der Waals surface area contributed by atoms with Crippen molar-refractivity contribution in [2.45, 2.75) is 32.9 Å². The molecule has 126 valence electrons. The number of nitrogens with zero attached hydrogens (tertiary/aromatic N) is 1. The molecule has 1 aromatic carbocycles. The number of hydrogen-bond donors (Lipinski definition) is 2. The third-order valence-electron chi connectivity index (χ3n) is 4.15. The number of carbonyl (C=O) groups excluding carboxylic acids is 2. The molecule has 1 unspecified atom stereocenters. The first-order valence-electron chi connectivity index (χ1n) is 8.02. The summed E-state index contributed by atoms with van der Waals surface area (Å²) in [4.78, 5) is 26.7. The van der Waals surface area contributed by atoms with Crippen LogP contribution < -0.4 is 15.5 Å². The zero-order chi connectivity index (χ0) is 17.1. The minimum atomic E-state index is -0.326. The van der Waals surface area contributed by atoms with Crippen molar-refractivity contribution in [2.24, 2.45) is 0 Å². The maximum atomic E-state index is 12.2. The molecule has 1 aliphatic heterocycles. The normalized spacial score (nSPS) is 14.2. The fourth-order valence-electron chi connectivity index (χ4n) is 2.87. The van der Waals surface area contributed by atoms with E-state index < -0.39 is 0 Å². The van der Waals surface area contributed by atoms with Crippen LogP contribution in [-0.2, 0) is 22.6 Å². The number of amides is 2. The molecule has 0 bridgehead atoms. The molecular weight excluding hydrogens is 322 g/mol. The molecule has 0 radical (unpaired) electrons. The zero-order valence-electron chi connectivity index (χ0n) is 13.8. The Labute approximate surface area is 145 Å². The Kier molecular flexibility index (Phi) is 4.85. The minimum absolute atomic E-state index is 0.0331. The lowest BCUT2D eigenvalue weighted by atomic mass is 10.1. The zero-order valence-corrected chi connectivity index (χ0v) is 14.7. The number of hydrogen-bond acceptors (Lipinski definition) is 4. The topological polar surface area (TPSA) is 61.4 Å². The standard InChI is InChI=1S/C18H21N3O2S/c1-12(18(23)19-11-16-4-3-9-24-16)20-15-5-6-17-14(10-15)7-8-21(17)13(2)22/h3-6,9-10,12,20H,7-8,11H2,1-2H3,(H,19,23). The Balaban J connectivity index is 1.59. The third-order valence-corrected chi connectivity index (χ3v) is 5.02. The van der Waals surface area contributed by atoms with Crippen molar-refractivity contribution in [3.63, 3.8) is 0 Å². The molecule has 0 spiro atoms. The maximum absolute atomic E-state index is 12.2. The first-order valence-corrected chi connectivity index (χ1v) is 8.90. The molecule has 0 aliphatic carbocycles. The minimum Gasteiger partial charge on any atom is -0.374 e. The smallest absolute Gasteiger partial charge is 0.242 e. The van der Waals surface area contributed by atoms with Crippen molar-refractivity contribution in [1.29, 1.82) is 0 Å². The number of anilines is 2. The second-order valence-corrected chi connectivity index (χ2v) is 6.96. The Morgan fingerprint density at radius 1 is 1.33 bits per heavy atom. The fraction of sp³-hybridized carbons (Fsp3) is 0.333. The van der Waals surface area contributed by atoms with E-state index in [0.29, 0.717) is 6.54 Å². The van der Waals surface area contributed by atoms with Gasteiger partial charge in [-0.15, -0.1) is 11.3 Å². The van der Waals surface area contributed by atoms with Gasteiger partial charge in [0.2, 0.25) is 11.8 Å². The number of nitrogens with one attached hydrogen (secondary N) is 2. The Hall–Kier alpha value is -2.34. The highest BCUT2D eigenvalue weighted by Crippen LogP contribution is 2.30. The van der Waals surface area contributed by atoms with E-state index in [1.54, 1.807) is 23.2 Å². The van der Waals surface area contributed by atoms with Gasteiger partial charge in [-0.3, -0.25) is 9.59 Å². The van der Waals surface area contributed by atoms with Gasteiger partial charge in [0.05, 0.1) is 6.54 Å². The second-order valence-electron chi connectivity index (χ2n) is 5.93. The molecule has 1 aromatic heterocycles. The summed E-state index contributed by atoms with van der Waals surface area (Å²) >= 11 is 1.63. The van der Waals surface area contributed by atoms with Crippen molar-refractivity contribution < 1.29 is 9.59 Å². The summed E-state index contributed by atoms with van der Waals surface area (Å²) in [5.74, 6) is 0.0324. The molecule has 5 nitrogen and oxygen atoms in total. The predicted octanol–water partition coefficient (Wildman–Crippen LogP) is 2.77. The van der Waals surface area contributed by atoms with Gasteiger partial charge in [-0.25, -0.2) is 0 Å². The summed E-state index contributed by atoms with van der Waals surface area (Å²) in [5.41, 5.74) is 3.02. The number of benzene rings is 1. The van der Waals surface area contributed by atoms with Crippen molar-refractivity contribution in [2.75, 3.05) is 16.8 Å². The lowest BCUT2D eigenvalue weighted by molar-refractivity contribution is -0.121. The molecule has 2 amide bonds. The monoisotopic (exact) mass is 343 g/mol. The number of rotatable bonds is 5. The molecule has 1 aliphatic rings. The van der Waals surface area contributed by atoms with E-state index in [4.69, 9.17) is 0 Å². The van der Waals surface area contributed by atoms with Gasteiger partial charge >= 0.3 is 0 Å². The highest BCUT2D eigenvalue weighted by Gasteiger charge is 2.22. The first-order chi connectivity index (χ1) is 11.5. The number of carbonyl (C=O) groups is 2. The van der Waals surface area contributed by atoms with Crippen molar-refractivity contribution >= 4 is 34.5 Å². The van der Waals surface area contributed by atoms with Crippen molar-refractivity contribution in [1.82, 2.24) is 5.32 Å². The van der Waals surface area contributed by atoms with E-state index in [2.05, 4.69) is 10.6 Å². The lowest BCUT2D eigenvalue weighted by Crippen LogP contribution is -2.37. The Morgan fingerprint density at radius 3 is 2.88 bits per heavy atom. The van der Waals surface area contributed by atoms with E-state index >= 15 is 0 Å². The molecule has 2 N–H and O–H groups in total. The molecule has 1 atom stereocenters. The Bertz CT molecular complexity index is 743. The average Bonchev–Trinajstić information content (AvgIpc) is 3.21. The van der Waals surface area contributed by atoms with Crippen LogP contribution >= 0.6 is 11.3 Å². The highest BCUT2D eigenvalue weighted by atomic mass is 32.1. The van der Waals surface area contributed by atoms with Gasteiger partial charge in [0.25, 0.3) is 0 Å². The third kappa shape index (κ3) is 3.59. The van der Waals surface area contributed by atoms with Gasteiger partial charge < -0.3 is 15.5 Å². The van der Waals surface area contributed by atoms with Crippen LogP contribution in [-0.4, -0.2) is 24.4 Å². The van der Waals surface area contributed by atoms with Crippen LogP contribution in [0, 0.1) is 0 Å². The van der Waals surface area contributed by atoms with E-state index in [0.717, 1.165) is 34.8 Å². The van der Waals surface area contributed by atoms with Crippen LogP contribution in [0.2, 0.25) is 0 Å². The van der Waals surface area contributed by atoms with Crippen LogP contribution in [0.25, 0.3) is 0 Å². The Morgan fingerprint density at radius 2 is 2.17 bits per heavy atom. The van der Waals surface area contributed by atoms with Crippen molar-refractivity contribution in [3.8, 4) is 0 Å². The van der Waals surface area contributed by atoms with Crippen LogP contribution in [0.15, 0.2) is 35.7 Å². The van der Waals surface area contributed by atoms with E-state index in [9.17, 15) is 9.59 Å². The van der Waals surface area contributed by atoms with Gasteiger partial charge in [0.1, 0.15) is 6.04 Å². The van der Waals surface area contributed by atoms with Crippen molar-refractivity contribution in [3.05, 3.63) is 46.2 Å². The largest absolute Gasteiger partial charge is 0.374 e. The molecule has 2 heterocycles. The summed E-state index contributed by atoms with van der Waals surface area (Å²) in [6.45, 7) is 4.71. The van der Waals surface area contributed by atoms with Crippen LogP contribution in [0.1, 0.15) is 24.3 Å². The van der Waals surface area contributed by atoms with Crippen LogP contribution in [0.4, 0.5) is 11.4 Å². The molecular formula is C18H21N3O2S. The molecule has 0 saturated heterocycles. The second kappa shape index (κ2) is 7.05. The van der Waals surface area contributed by atoms with Gasteiger partial charge in [-0.05, 0) is 48.6 Å². The van der Waals surface area contributed by atoms with Gasteiger partial charge in [-0.2, -0.15) is 0 Å². The van der Waals surface area contributed by atoms with Crippen LogP contribution in [0.5, 0.6) is 0 Å². The molecule has 0 saturated carbocycles. The maximum Gasteiger partial charge on any atom is 0.242 e. The predicted molar refractivity (Wildman–Crippen MR) is 97.4 cm³/mol. The average molecular weight is 343 g/mol. The fourth-order valence-corrected chi connectivity index (χ4v) is 3.52. The summed E-state index contributed by atoms with van der Waals surface area (Å²) in [5, 5.41) is 8.17. The molecule has 0 fully saturated rings. The highest BCUT2D eigenvalue weighted by molar-refractivity contribution is 7.09. The van der Waals surface area contributed by atoms with Gasteiger partial charge in [0, 0.05) is 29.7 Å². The van der Waals surface area contributed by atoms with E-state index in [1.807, 2.05) is 42.6 Å². The quantitative estimate of drug-likeness (QED) is 0.877. The molecule has 2 aromatic rings. The van der Waals surface area contributed by atoms with Gasteiger partial charge in [-0.1, -0.05) is 6.07 Å². The molecule has 3 rings (SSSR count). The molecule has 6 heteroatoms. The summed E-state index contributed by atoms with van der Waals surface area (Å²) < 4.78 is 0. The number of fused-ring (bicyclic) bond motifs is 1. The lowest BCUT2D eigenvalue weighted by Gasteiger charge is -2.17. The van der Waals surface area contributed by atoms with Gasteiger partial charge in [0.15, 0.2) is 0 Å². The van der Waals surface area contributed by atoms with E-state index in [-0.39, 0.29) is 17.9 Å². The molecule has 24 heavy (non-hydrogen) atoms. The first kappa shape index (κ1) is 16.5.